The molecule has 1 saturated heterocycles. The SMILES string of the molecule is CCOc1cc(/C=C2\C(=O)NC(=O)N(c3ccc(OCc4ccc(C)cc4)cc3)C2=O)cc(I)c1OCc1ccc(F)cc1. The number of barbiturate groups is 1. The van der Waals surface area contributed by atoms with E-state index in [9.17, 15) is 18.8 Å². The van der Waals surface area contributed by atoms with Crippen LogP contribution in [0.2, 0.25) is 0 Å². The van der Waals surface area contributed by atoms with E-state index in [1.54, 1.807) is 48.5 Å². The van der Waals surface area contributed by atoms with Crippen molar-refractivity contribution in [3.63, 3.8) is 0 Å². The van der Waals surface area contributed by atoms with Crippen LogP contribution < -0.4 is 24.4 Å². The molecule has 0 bridgehead atoms. The van der Waals surface area contributed by atoms with Gasteiger partial charge in [0.15, 0.2) is 11.5 Å². The van der Waals surface area contributed by atoms with Gasteiger partial charge < -0.3 is 14.2 Å². The first kappa shape index (κ1) is 30.7. The van der Waals surface area contributed by atoms with Gasteiger partial charge in [-0.25, -0.2) is 14.1 Å². The van der Waals surface area contributed by atoms with Crippen molar-refractivity contribution >= 4 is 52.2 Å². The number of ether oxygens (including phenoxy) is 3. The van der Waals surface area contributed by atoms with Crippen LogP contribution in [0.15, 0.2) is 90.5 Å². The molecule has 0 saturated carbocycles. The first-order chi connectivity index (χ1) is 21.2. The molecule has 0 aliphatic carbocycles. The molecule has 0 radical (unpaired) electrons. The van der Waals surface area contributed by atoms with Gasteiger partial charge in [-0.3, -0.25) is 14.9 Å². The Labute approximate surface area is 267 Å². The van der Waals surface area contributed by atoms with Crippen molar-refractivity contribution in [1.82, 2.24) is 5.32 Å². The van der Waals surface area contributed by atoms with Crippen molar-refractivity contribution < 1.29 is 33.0 Å². The number of amides is 4. The van der Waals surface area contributed by atoms with Gasteiger partial charge in [-0.05, 0) is 108 Å². The third-order valence-electron chi connectivity index (χ3n) is 6.66. The lowest BCUT2D eigenvalue weighted by molar-refractivity contribution is -0.122. The minimum Gasteiger partial charge on any atom is -0.490 e. The first-order valence-electron chi connectivity index (χ1n) is 13.7. The summed E-state index contributed by atoms with van der Waals surface area (Å²) in [6.45, 7) is 4.73. The zero-order valence-corrected chi connectivity index (χ0v) is 26.1. The maximum absolute atomic E-state index is 13.5. The average Bonchev–Trinajstić information content (AvgIpc) is 3.00. The predicted molar refractivity (Wildman–Crippen MR) is 172 cm³/mol. The Hall–Kier alpha value is -4.71. The molecule has 4 aromatic rings. The lowest BCUT2D eigenvalue weighted by Crippen LogP contribution is -2.54. The third kappa shape index (κ3) is 7.25. The Bertz CT molecular complexity index is 1720. The zero-order valence-electron chi connectivity index (χ0n) is 23.9. The monoisotopic (exact) mass is 706 g/mol. The van der Waals surface area contributed by atoms with Crippen molar-refractivity contribution in [1.29, 1.82) is 0 Å². The van der Waals surface area contributed by atoms with Crippen LogP contribution in [0.1, 0.15) is 29.2 Å². The van der Waals surface area contributed by atoms with E-state index in [0.717, 1.165) is 21.6 Å². The standard InChI is InChI=1S/C34H28FIN2O6/c1-3-42-30-18-24(17-29(36)31(30)44-20-23-8-10-25(35)11-9-23)16-28-32(39)37-34(41)38(33(28)40)26-12-14-27(15-13-26)43-19-22-6-4-21(2)5-7-22/h4-18H,3,19-20H2,1-2H3,(H,37,39,41)/b28-16+. The Morgan fingerprint density at radius 1 is 0.841 bits per heavy atom. The summed E-state index contributed by atoms with van der Waals surface area (Å²) in [5, 5.41) is 2.25. The summed E-state index contributed by atoms with van der Waals surface area (Å²) in [4.78, 5) is 39.9. The second-order valence-corrected chi connectivity index (χ2v) is 11.1. The van der Waals surface area contributed by atoms with Gasteiger partial charge in [0.2, 0.25) is 0 Å². The number of anilines is 1. The van der Waals surface area contributed by atoms with Crippen molar-refractivity contribution in [2.24, 2.45) is 0 Å². The molecule has 8 nitrogen and oxygen atoms in total. The zero-order chi connectivity index (χ0) is 31.2. The largest absolute Gasteiger partial charge is 0.490 e. The number of carbonyl (C=O) groups is 3. The van der Waals surface area contributed by atoms with Gasteiger partial charge in [0, 0.05) is 0 Å². The van der Waals surface area contributed by atoms with E-state index in [-0.39, 0.29) is 23.7 Å². The summed E-state index contributed by atoms with van der Waals surface area (Å²) < 4.78 is 31.6. The fourth-order valence-corrected chi connectivity index (χ4v) is 5.19. The number of nitrogens with zero attached hydrogens (tertiary/aromatic N) is 1. The first-order valence-corrected chi connectivity index (χ1v) is 14.8. The number of benzene rings is 4. The van der Waals surface area contributed by atoms with Gasteiger partial charge in [-0.2, -0.15) is 0 Å². The van der Waals surface area contributed by atoms with E-state index in [1.165, 1.54) is 18.2 Å². The number of aryl methyl sites for hydroxylation is 1. The highest BCUT2D eigenvalue weighted by molar-refractivity contribution is 14.1. The van der Waals surface area contributed by atoms with Gasteiger partial charge in [0.05, 0.1) is 15.9 Å². The fourth-order valence-electron chi connectivity index (χ4n) is 4.41. The van der Waals surface area contributed by atoms with Crippen molar-refractivity contribution in [3.8, 4) is 17.2 Å². The quantitative estimate of drug-likeness (QED) is 0.109. The molecule has 1 aliphatic rings. The van der Waals surface area contributed by atoms with Crippen LogP contribution in [0, 0.1) is 16.3 Å². The van der Waals surface area contributed by atoms with Crippen LogP contribution in [0.25, 0.3) is 6.08 Å². The topological polar surface area (TPSA) is 94.2 Å². The molecule has 224 valence electrons. The maximum atomic E-state index is 13.5. The van der Waals surface area contributed by atoms with Crippen LogP contribution in [0.5, 0.6) is 17.2 Å². The van der Waals surface area contributed by atoms with Gasteiger partial charge in [-0.15, -0.1) is 0 Å². The number of rotatable bonds is 10. The summed E-state index contributed by atoms with van der Waals surface area (Å²) in [5.74, 6) is -0.468. The smallest absolute Gasteiger partial charge is 0.335 e. The number of urea groups is 1. The number of hydrogen-bond donors (Lipinski definition) is 1. The Kier molecular flexibility index (Phi) is 9.59. The number of carbonyl (C=O) groups excluding carboxylic acids is 3. The molecular formula is C34H28FIN2O6. The maximum Gasteiger partial charge on any atom is 0.335 e. The highest BCUT2D eigenvalue weighted by Gasteiger charge is 2.37. The molecule has 44 heavy (non-hydrogen) atoms. The van der Waals surface area contributed by atoms with Gasteiger partial charge >= 0.3 is 6.03 Å². The third-order valence-corrected chi connectivity index (χ3v) is 7.46. The van der Waals surface area contributed by atoms with Crippen LogP contribution in [0.3, 0.4) is 0 Å². The minimum atomic E-state index is -0.848. The molecule has 4 amide bonds. The molecule has 1 heterocycles. The summed E-state index contributed by atoms with van der Waals surface area (Å²) >= 11 is 2.08. The van der Waals surface area contributed by atoms with Crippen LogP contribution in [-0.4, -0.2) is 24.5 Å². The molecule has 10 heteroatoms. The van der Waals surface area contributed by atoms with E-state index >= 15 is 0 Å². The lowest BCUT2D eigenvalue weighted by atomic mass is 10.1. The molecule has 0 atom stereocenters. The number of nitrogens with one attached hydrogen (secondary N) is 1. The van der Waals surface area contributed by atoms with E-state index in [4.69, 9.17) is 14.2 Å². The predicted octanol–water partition coefficient (Wildman–Crippen LogP) is 6.96. The van der Waals surface area contributed by atoms with Crippen LogP contribution in [0.4, 0.5) is 14.9 Å². The van der Waals surface area contributed by atoms with Crippen molar-refractivity contribution in [3.05, 3.63) is 122 Å². The Balaban J connectivity index is 1.35. The molecule has 0 unspecified atom stereocenters. The van der Waals surface area contributed by atoms with Crippen molar-refractivity contribution in [2.45, 2.75) is 27.1 Å². The number of imide groups is 2. The van der Waals surface area contributed by atoms with Crippen LogP contribution in [-0.2, 0) is 22.8 Å². The number of halogens is 2. The van der Waals surface area contributed by atoms with E-state index < -0.39 is 17.8 Å². The Morgan fingerprint density at radius 3 is 2.14 bits per heavy atom. The lowest BCUT2D eigenvalue weighted by Gasteiger charge is -2.26. The van der Waals surface area contributed by atoms with E-state index in [1.807, 2.05) is 38.1 Å². The van der Waals surface area contributed by atoms with Gasteiger partial charge in [-0.1, -0.05) is 42.0 Å². The molecule has 0 aromatic heterocycles. The van der Waals surface area contributed by atoms with Gasteiger partial charge in [0.1, 0.15) is 30.4 Å². The van der Waals surface area contributed by atoms with Gasteiger partial charge in [0.25, 0.3) is 11.8 Å². The second-order valence-electron chi connectivity index (χ2n) is 9.90. The second kappa shape index (κ2) is 13.7. The highest BCUT2D eigenvalue weighted by Crippen LogP contribution is 2.36. The van der Waals surface area contributed by atoms with E-state index in [2.05, 4.69) is 27.9 Å². The summed E-state index contributed by atoms with van der Waals surface area (Å²) in [7, 11) is 0. The molecule has 0 spiro atoms. The van der Waals surface area contributed by atoms with E-state index in [0.29, 0.717) is 39.6 Å². The Morgan fingerprint density at radius 2 is 1.48 bits per heavy atom. The van der Waals surface area contributed by atoms with Crippen molar-refractivity contribution in [2.75, 3.05) is 11.5 Å². The van der Waals surface area contributed by atoms with Crippen LogP contribution >= 0.6 is 22.6 Å². The fraction of sp³-hybridized carbons (Fsp3) is 0.147. The minimum absolute atomic E-state index is 0.185. The molecule has 1 N–H and O–H groups in total. The number of hydrogen-bond acceptors (Lipinski definition) is 6. The highest BCUT2D eigenvalue weighted by atomic mass is 127. The summed E-state index contributed by atoms with van der Waals surface area (Å²) in [5.41, 5.74) is 3.50. The molecule has 1 fully saturated rings. The molecular weight excluding hydrogens is 678 g/mol. The average molecular weight is 707 g/mol. The molecule has 1 aliphatic heterocycles. The molecule has 5 rings (SSSR count). The summed E-state index contributed by atoms with van der Waals surface area (Å²) in [6.07, 6.45) is 1.41. The normalized spacial score (nSPS) is 14.0. The summed E-state index contributed by atoms with van der Waals surface area (Å²) in [6, 6.07) is 23.0. The molecule has 4 aromatic carbocycles.